The number of hydrogen-bond donors (Lipinski definition) is 0. The van der Waals surface area contributed by atoms with Crippen molar-refractivity contribution in [3.8, 4) is 11.5 Å². The molecule has 0 aliphatic rings. The van der Waals surface area contributed by atoms with Gasteiger partial charge in [-0.1, -0.05) is 59.8 Å². The molecule has 168 valence electrons. The Morgan fingerprint density at radius 1 is 1.03 bits per heavy atom. The maximum Gasteiger partial charge on any atom is 0.212 e. The van der Waals surface area contributed by atoms with Crippen LogP contribution in [0.2, 0.25) is 0 Å². The van der Waals surface area contributed by atoms with E-state index in [2.05, 4.69) is 46.5 Å². The van der Waals surface area contributed by atoms with Crippen LogP contribution in [0.1, 0.15) is 22.3 Å². The molecule has 8 heteroatoms. The first-order valence-electron chi connectivity index (χ1n) is 10.3. The number of aryl methyl sites for hydroxylation is 1. The van der Waals surface area contributed by atoms with Crippen LogP contribution >= 0.6 is 11.8 Å². The number of rotatable bonds is 9. The number of thioether (sulfide) groups is 1. The molecule has 33 heavy (non-hydrogen) atoms. The fourth-order valence-electron chi connectivity index (χ4n) is 3.04. The summed E-state index contributed by atoms with van der Waals surface area (Å²) in [5.41, 5.74) is 4.01. The third kappa shape index (κ3) is 5.98. The van der Waals surface area contributed by atoms with E-state index in [-0.39, 0.29) is 12.4 Å². The second kappa shape index (κ2) is 10.8. The zero-order chi connectivity index (χ0) is 23.0. The minimum absolute atomic E-state index is 0.270. The number of para-hydroxylation sites is 1. The van der Waals surface area contributed by atoms with E-state index < -0.39 is 0 Å². The van der Waals surface area contributed by atoms with E-state index in [4.69, 9.17) is 9.47 Å². The molecular weight excluding hydrogens is 439 g/mol. The molecule has 0 atom stereocenters. The summed E-state index contributed by atoms with van der Waals surface area (Å²) in [6.07, 6.45) is 3.25. The van der Waals surface area contributed by atoms with Crippen molar-refractivity contribution in [2.24, 2.45) is 5.10 Å². The van der Waals surface area contributed by atoms with Gasteiger partial charge in [-0.3, -0.25) is 0 Å². The minimum atomic E-state index is -0.283. The van der Waals surface area contributed by atoms with Gasteiger partial charge in [-0.2, -0.15) is 9.78 Å². The third-order valence-electron chi connectivity index (χ3n) is 4.84. The Kier molecular flexibility index (Phi) is 7.36. The van der Waals surface area contributed by atoms with Crippen molar-refractivity contribution in [3.63, 3.8) is 0 Å². The van der Waals surface area contributed by atoms with Crippen molar-refractivity contribution in [2.45, 2.75) is 24.4 Å². The lowest BCUT2D eigenvalue weighted by atomic mass is 10.2. The molecule has 3 aromatic carbocycles. The maximum atomic E-state index is 13.2. The number of ether oxygens (including phenoxy) is 2. The van der Waals surface area contributed by atoms with E-state index in [0.717, 1.165) is 16.9 Å². The standard InChI is InChI=1S/C25H23FN4O2S/c1-18-6-8-20(9-7-18)16-33-25-29-27-17-30(25)28-14-21-4-3-5-23(31-2)24(21)32-15-19-10-12-22(26)13-11-19/h3-14,17H,15-16H2,1-2H3/b28-14-. The molecular formula is C25H23FN4O2S. The monoisotopic (exact) mass is 462 g/mol. The molecule has 0 amide bonds. The molecule has 0 bridgehead atoms. The molecule has 4 aromatic rings. The molecule has 0 unspecified atom stereocenters. The number of benzene rings is 3. The van der Waals surface area contributed by atoms with Crippen molar-refractivity contribution in [1.29, 1.82) is 0 Å². The van der Waals surface area contributed by atoms with Crippen LogP contribution < -0.4 is 9.47 Å². The van der Waals surface area contributed by atoms with Crippen molar-refractivity contribution >= 4 is 18.0 Å². The Hall–Kier alpha value is -3.65. The lowest BCUT2D eigenvalue weighted by Gasteiger charge is -2.13. The van der Waals surface area contributed by atoms with Gasteiger partial charge in [-0.15, -0.1) is 10.2 Å². The second-order valence-corrected chi connectivity index (χ2v) is 8.21. The summed E-state index contributed by atoms with van der Waals surface area (Å²) in [5.74, 6) is 1.61. The highest BCUT2D eigenvalue weighted by atomic mass is 32.2. The largest absolute Gasteiger partial charge is 0.493 e. The van der Waals surface area contributed by atoms with Gasteiger partial charge in [0.2, 0.25) is 5.16 Å². The summed E-state index contributed by atoms with van der Waals surface area (Å²) < 4.78 is 26.3. The van der Waals surface area contributed by atoms with Gasteiger partial charge < -0.3 is 9.47 Å². The first-order chi connectivity index (χ1) is 16.1. The smallest absolute Gasteiger partial charge is 0.212 e. The van der Waals surface area contributed by atoms with E-state index in [9.17, 15) is 4.39 Å². The lowest BCUT2D eigenvalue weighted by Crippen LogP contribution is -2.02. The number of nitrogens with zero attached hydrogens (tertiary/aromatic N) is 4. The first-order valence-corrected chi connectivity index (χ1v) is 11.3. The molecule has 0 spiro atoms. The molecule has 6 nitrogen and oxygen atoms in total. The summed E-state index contributed by atoms with van der Waals surface area (Å²) in [7, 11) is 1.58. The van der Waals surface area contributed by atoms with Gasteiger partial charge in [-0.05, 0) is 42.3 Å². The molecule has 1 aromatic heterocycles. The van der Waals surface area contributed by atoms with Crippen LogP contribution in [-0.2, 0) is 12.4 Å². The molecule has 0 aliphatic carbocycles. The highest BCUT2D eigenvalue weighted by Crippen LogP contribution is 2.31. The van der Waals surface area contributed by atoms with Gasteiger partial charge in [0.1, 0.15) is 18.8 Å². The van der Waals surface area contributed by atoms with Gasteiger partial charge in [-0.25, -0.2) is 4.39 Å². The SMILES string of the molecule is COc1cccc(/C=N\n2cnnc2SCc2ccc(C)cc2)c1OCc1ccc(F)cc1. The van der Waals surface area contributed by atoms with E-state index in [1.54, 1.807) is 48.2 Å². The Balaban J connectivity index is 1.49. The molecule has 0 saturated carbocycles. The summed E-state index contributed by atoms with van der Waals surface area (Å²) in [6, 6.07) is 20.2. The van der Waals surface area contributed by atoms with Crippen LogP contribution in [0.4, 0.5) is 4.39 Å². The predicted octanol–water partition coefficient (Wildman–Crippen LogP) is 5.49. The van der Waals surface area contributed by atoms with Gasteiger partial charge >= 0.3 is 0 Å². The topological polar surface area (TPSA) is 61.5 Å². The van der Waals surface area contributed by atoms with E-state index >= 15 is 0 Å². The second-order valence-electron chi connectivity index (χ2n) is 7.27. The summed E-state index contributed by atoms with van der Waals surface area (Å²) in [4.78, 5) is 0. The Morgan fingerprint density at radius 3 is 2.55 bits per heavy atom. The van der Waals surface area contributed by atoms with Crippen LogP contribution in [0.3, 0.4) is 0 Å². The van der Waals surface area contributed by atoms with Gasteiger partial charge in [0, 0.05) is 11.3 Å². The maximum absolute atomic E-state index is 13.2. The number of aromatic nitrogens is 3. The number of methoxy groups -OCH3 is 1. The Labute approximate surface area is 196 Å². The number of halogens is 1. The van der Waals surface area contributed by atoms with Gasteiger partial charge in [0.25, 0.3) is 0 Å². The van der Waals surface area contributed by atoms with E-state index in [1.807, 2.05) is 18.2 Å². The average molecular weight is 463 g/mol. The molecule has 1 heterocycles. The van der Waals surface area contributed by atoms with Gasteiger partial charge in [0.05, 0.1) is 13.3 Å². The first kappa shape index (κ1) is 22.5. The summed E-state index contributed by atoms with van der Waals surface area (Å²) in [6.45, 7) is 2.34. The fourth-order valence-corrected chi connectivity index (χ4v) is 3.86. The van der Waals surface area contributed by atoms with Crippen LogP contribution in [-0.4, -0.2) is 28.2 Å². The zero-order valence-electron chi connectivity index (χ0n) is 18.3. The van der Waals surface area contributed by atoms with Crippen molar-refractivity contribution in [2.75, 3.05) is 7.11 Å². The lowest BCUT2D eigenvalue weighted by molar-refractivity contribution is 0.284. The summed E-state index contributed by atoms with van der Waals surface area (Å²) in [5, 5.41) is 13.4. The average Bonchev–Trinajstić information content (AvgIpc) is 3.29. The normalized spacial score (nSPS) is 11.1. The quantitative estimate of drug-likeness (QED) is 0.243. The Morgan fingerprint density at radius 2 is 1.79 bits per heavy atom. The third-order valence-corrected chi connectivity index (χ3v) is 5.84. The van der Waals surface area contributed by atoms with Crippen LogP contribution in [0.5, 0.6) is 11.5 Å². The van der Waals surface area contributed by atoms with Crippen LogP contribution in [0, 0.1) is 12.7 Å². The van der Waals surface area contributed by atoms with Crippen molar-refractivity contribution in [1.82, 2.24) is 14.9 Å². The fraction of sp³-hybridized carbons (Fsp3) is 0.160. The highest BCUT2D eigenvalue weighted by Gasteiger charge is 2.11. The molecule has 0 radical (unpaired) electrons. The molecule has 4 rings (SSSR count). The number of hydrogen-bond acceptors (Lipinski definition) is 6. The molecule has 0 aliphatic heterocycles. The zero-order valence-corrected chi connectivity index (χ0v) is 19.1. The van der Waals surface area contributed by atoms with Crippen molar-refractivity contribution < 1.29 is 13.9 Å². The highest BCUT2D eigenvalue weighted by molar-refractivity contribution is 7.98. The minimum Gasteiger partial charge on any atom is -0.493 e. The van der Waals surface area contributed by atoms with E-state index in [1.165, 1.54) is 23.3 Å². The molecule has 0 N–H and O–H groups in total. The van der Waals surface area contributed by atoms with Crippen molar-refractivity contribution in [3.05, 3.63) is 101 Å². The van der Waals surface area contributed by atoms with E-state index in [0.29, 0.717) is 16.7 Å². The van der Waals surface area contributed by atoms with Crippen LogP contribution in [0.25, 0.3) is 0 Å². The van der Waals surface area contributed by atoms with Gasteiger partial charge in [0.15, 0.2) is 11.5 Å². The predicted molar refractivity (Wildman–Crippen MR) is 127 cm³/mol. The molecule has 0 saturated heterocycles. The summed E-state index contributed by atoms with van der Waals surface area (Å²) >= 11 is 1.56. The van der Waals surface area contributed by atoms with Crippen LogP contribution in [0.15, 0.2) is 83.3 Å². The Bertz CT molecular complexity index is 1220. The molecule has 0 fully saturated rings.